The monoisotopic (exact) mass is 358 g/mol. The summed E-state index contributed by atoms with van der Waals surface area (Å²) in [6.45, 7) is 5.09. The van der Waals surface area contributed by atoms with Crippen molar-refractivity contribution in [2.24, 2.45) is 0 Å². The molecule has 19 heavy (non-hydrogen) atoms. The zero-order chi connectivity index (χ0) is 13.8. The van der Waals surface area contributed by atoms with E-state index in [4.69, 9.17) is 11.6 Å². The van der Waals surface area contributed by atoms with Crippen molar-refractivity contribution in [3.05, 3.63) is 49.3 Å². The van der Waals surface area contributed by atoms with Gasteiger partial charge in [0.25, 0.3) is 0 Å². The summed E-state index contributed by atoms with van der Waals surface area (Å²) in [6.07, 6.45) is 3.02. The number of aryl methyl sites for hydroxylation is 1. The van der Waals surface area contributed by atoms with Crippen LogP contribution in [0.4, 0.5) is 0 Å². The Kier molecular flexibility index (Phi) is 5.39. The molecule has 2 nitrogen and oxygen atoms in total. The number of nitrogens with zero attached hydrogens (tertiary/aromatic N) is 1. The van der Waals surface area contributed by atoms with Crippen LogP contribution in [0.15, 0.2) is 28.9 Å². The lowest BCUT2D eigenvalue weighted by atomic mass is 10.2. The van der Waals surface area contributed by atoms with Crippen molar-refractivity contribution in [3.8, 4) is 0 Å². The van der Waals surface area contributed by atoms with Crippen molar-refractivity contribution in [2.45, 2.75) is 32.9 Å². The van der Waals surface area contributed by atoms with Gasteiger partial charge in [0.05, 0.1) is 6.04 Å². The molecule has 0 aliphatic heterocycles. The molecule has 2 aromatic rings. The largest absolute Gasteiger partial charge is 0.304 e. The topological polar surface area (TPSA) is 24.9 Å². The van der Waals surface area contributed by atoms with E-state index in [0.717, 1.165) is 27.5 Å². The molecule has 1 N–H and O–H groups in total. The fraction of sp³-hybridized carbons (Fsp3) is 0.357. The van der Waals surface area contributed by atoms with E-state index in [-0.39, 0.29) is 6.04 Å². The molecule has 0 aliphatic carbocycles. The summed E-state index contributed by atoms with van der Waals surface area (Å²) < 4.78 is 1.04. The second kappa shape index (κ2) is 6.84. The van der Waals surface area contributed by atoms with Gasteiger partial charge in [-0.15, -0.1) is 11.3 Å². The number of hydrogen-bond donors (Lipinski definition) is 1. The van der Waals surface area contributed by atoms with E-state index < -0.39 is 0 Å². The average molecular weight is 360 g/mol. The average Bonchev–Trinajstić information content (AvgIpc) is 2.86. The zero-order valence-corrected chi connectivity index (χ0v) is 14.1. The SMILES string of the molecule is CCc1cnc(C(C)NCc2ccc(Cl)cc2Br)s1. The van der Waals surface area contributed by atoms with Crippen LogP contribution in [0.2, 0.25) is 5.02 Å². The fourth-order valence-corrected chi connectivity index (χ4v) is 3.41. The first-order valence-corrected chi connectivity index (χ1v) is 8.20. The minimum atomic E-state index is 0.257. The highest BCUT2D eigenvalue weighted by Crippen LogP contribution is 2.24. The molecule has 1 aromatic carbocycles. The molecule has 1 heterocycles. The highest BCUT2D eigenvalue weighted by atomic mass is 79.9. The van der Waals surface area contributed by atoms with Gasteiger partial charge in [-0.1, -0.05) is 40.5 Å². The van der Waals surface area contributed by atoms with Gasteiger partial charge in [0.1, 0.15) is 5.01 Å². The second-order valence-corrected chi connectivity index (χ2v) is 6.79. The van der Waals surface area contributed by atoms with Gasteiger partial charge in [0, 0.05) is 27.1 Å². The van der Waals surface area contributed by atoms with Gasteiger partial charge in [-0.25, -0.2) is 4.98 Å². The zero-order valence-electron chi connectivity index (χ0n) is 10.9. The molecule has 0 amide bonds. The third kappa shape index (κ3) is 4.02. The number of aromatic nitrogens is 1. The van der Waals surface area contributed by atoms with Gasteiger partial charge < -0.3 is 5.32 Å². The lowest BCUT2D eigenvalue weighted by Gasteiger charge is -2.12. The number of thiazole rings is 1. The third-order valence-corrected chi connectivity index (χ3v) is 5.20. The summed E-state index contributed by atoms with van der Waals surface area (Å²) >= 11 is 11.2. The Morgan fingerprint density at radius 1 is 1.47 bits per heavy atom. The first-order chi connectivity index (χ1) is 9.10. The lowest BCUT2D eigenvalue weighted by Crippen LogP contribution is -2.18. The van der Waals surface area contributed by atoms with Crippen molar-refractivity contribution in [3.63, 3.8) is 0 Å². The number of rotatable bonds is 5. The molecule has 2 rings (SSSR count). The van der Waals surface area contributed by atoms with Gasteiger partial charge in [0.15, 0.2) is 0 Å². The Morgan fingerprint density at radius 2 is 2.26 bits per heavy atom. The van der Waals surface area contributed by atoms with Crippen LogP contribution in [0.3, 0.4) is 0 Å². The van der Waals surface area contributed by atoms with E-state index in [0.29, 0.717) is 0 Å². The first-order valence-electron chi connectivity index (χ1n) is 6.22. The summed E-state index contributed by atoms with van der Waals surface area (Å²) in [4.78, 5) is 5.79. The molecule has 0 bridgehead atoms. The van der Waals surface area contributed by atoms with Gasteiger partial charge >= 0.3 is 0 Å². The molecule has 0 radical (unpaired) electrons. The minimum absolute atomic E-state index is 0.257. The molecular formula is C14H16BrClN2S. The van der Waals surface area contributed by atoms with Crippen molar-refractivity contribution >= 4 is 38.9 Å². The maximum atomic E-state index is 5.94. The van der Waals surface area contributed by atoms with Crippen molar-refractivity contribution in [1.82, 2.24) is 10.3 Å². The molecular weight excluding hydrogens is 344 g/mol. The van der Waals surface area contributed by atoms with Gasteiger partial charge in [-0.2, -0.15) is 0 Å². The minimum Gasteiger partial charge on any atom is -0.304 e. The molecule has 1 atom stereocenters. The quantitative estimate of drug-likeness (QED) is 0.815. The van der Waals surface area contributed by atoms with Crippen LogP contribution in [0.1, 0.15) is 35.3 Å². The summed E-state index contributed by atoms with van der Waals surface area (Å²) in [5, 5.41) is 5.37. The Bertz CT molecular complexity index is 556. The molecule has 1 unspecified atom stereocenters. The normalized spacial score (nSPS) is 12.6. The Morgan fingerprint density at radius 3 is 2.89 bits per heavy atom. The lowest BCUT2D eigenvalue weighted by molar-refractivity contribution is 0.571. The molecule has 0 saturated carbocycles. The van der Waals surface area contributed by atoms with E-state index >= 15 is 0 Å². The highest BCUT2D eigenvalue weighted by Gasteiger charge is 2.10. The highest BCUT2D eigenvalue weighted by molar-refractivity contribution is 9.10. The van der Waals surface area contributed by atoms with Crippen LogP contribution in [-0.4, -0.2) is 4.98 Å². The van der Waals surface area contributed by atoms with E-state index in [1.807, 2.05) is 24.4 Å². The molecule has 0 fully saturated rings. The second-order valence-electron chi connectivity index (χ2n) is 4.36. The summed E-state index contributed by atoms with van der Waals surface area (Å²) in [6, 6.07) is 6.12. The van der Waals surface area contributed by atoms with Gasteiger partial charge in [-0.05, 0) is 31.0 Å². The first kappa shape index (κ1) is 15.0. The van der Waals surface area contributed by atoms with Crippen LogP contribution in [0.25, 0.3) is 0 Å². The molecule has 0 saturated heterocycles. The fourth-order valence-electron chi connectivity index (χ4n) is 1.70. The molecule has 5 heteroatoms. The maximum absolute atomic E-state index is 5.94. The molecule has 1 aromatic heterocycles. The molecule has 102 valence electrons. The van der Waals surface area contributed by atoms with Gasteiger partial charge in [-0.3, -0.25) is 0 Å². The van der Waals surface area contributed by atoms with Crippen LogP contribution >= 0.6 is 38.9 Å². The van der Waals surface area contributed by atoms with Crippen LogP contribution in [-0.2, 0) is 13.0 Å². The van der Waals surface area contributed by atoms with Gasteiger partial charge in [0.2, 0.25) is 0 Å². The Labute approximate surface area is 131 Å². The van der Waals surface area contributed by atoms with Crippen molar-refractivity contribution in [2.75, 3.05) is 0 Å². The predicted octanol–water partition coefficient (Wildman–Crippen LogP) is 4.97. The Balaban J connectivity index is 1.98. The van der Waals surface area contributed by atoms with Crippen LogP contribution in [0.5, 0.6) is 0 Å². The predicted molar refractivity (Wildman–Crippen MR) is 85.9 cm³/mol. The Hall–Kier alpha value is -0.420. The number of nitrogens with one attached hydrogen (secondary N) is 1. The number of benzene rings is 1. The number of hydrogen-bond acceptors (Lipinski definition) is 3. The summed E-state index contributed by atoms with van der Waals surface area (Å²) in [7, 11) is 0. The third-order valence-electron chi connectivity index (χ3n) is 2.90. The summed E-state index contributed by atoms with van der Waals surface area (Å²) in [5.74, 6) is 0. The standard InChI is InChI=1S/C14H16BrClN2S/c1-3-12-8-18-14(19-12)9(2)17-7-10-4-5-11(16)6-13(10)15/h4-6,8-9,17H,3,7H2,1-2H3. The maximum Gasteiger partial charge on any atom is 0.109 e. The van der Waals surface area contributed by atoms with E-state index in [1.54, 1.807) is 11.3 Å². The molecule has 0 aliphatic rings. The van der Waals surface area contributed by atoms with Crippen molar-refractivity contribution in [1.29, 1.82) is 0 Å². The van der Waals surface area contributed by atoms with Crippen molar-refractivity contribution < 1.29 is 0 Å². The number of halogens is 2. The molecule has 0 spiro atoms. The van der Waals surface area contributed by atoms with E-state index in [9.17, 15) is 0 Å². The van der Waals surface area contributed by atoms with Crippen LogP contribution < -0.4 is 5.32 Å². The van der Waals surface area contributed by atoms with E-state index in [1.165, 1.54) is 10.4 Å². The smallest absolute Gasteiger partial charge is 0.109 e. The summed E-state index contributed by atoms with van der Waals surface area (Å²) in [5.41, 5.74) is 1.20. The van der Waals surface area contributed by atoms with Crippen LogP contribution in [0, 0.1) is 0 Å². The van der Waals surface area contributed by atoms with E-state index in [2.05, 4.69) is 40.1 Å².